The molecule has 0 saturated carbocycles. The van der Waals surface area contributed by atoms with Gasteiger partial charge in [-0.25, -0.2) is 0 Å². The number of benzene rings is 2. The van der Waals surface area contributed by atoms with Crippen molar-refractivity contribution in [1.82, 2.24) is 0 Å². The van der Waals surface area contributed by atoms with Crippen LogP contribution >= 0.6 is 0 Å². The molecule has 0 bridgehead atoms. The number of anilines is 1. The highest BCUT2D eigenvalue weighted by Crippen LogP contribution is 2.25. The lowest BCUT2D eigenvalue weighted by Crippen LogP contribution is -1.97. The van der Waals surface area contributed by atoms with Crippen LogP contribution in [0, 0.1) is 6.92 Å². The standard InChI is InChI=1S/C14H15NO2/c1-11-10-13(8-9-14(11)15-16-2)17-12-6-4-3-5-7-12/h3-10,15H,1-2H3. The molecule has 17 heavy (non-hydrogen) atoms. The van der Waals surface area contributed by atoms with Gasteiger partial charge in [0.25, 0.3) is 0 Å². The zero-order valence-electron chi connectivity index (χ0n) is 9.94. The molecule has 2 rings (SSSR count). The van der Waals surface area contributed by atoms with Crippen molar-refractivity contribution in [1.29, 1.82) is 0 Å². The van der Waals surface area contributed by atoms with Crippen molar-refractivity contribution in [2.45, 2.75) is 6.92 Å². The maximum Gasteiger partial charge on any atom is 0.127 e. The summed E-state index contributed by atoms with van der Waals surface area (Å²) in [7, 11) is 1.59. The van der Waals surface area contributed by atoms with E-state index in [1.807, 2.05) is 55.5 Å². The molecule has 0 radical (unpaired) electrons. The predicted molar refractivity (Wildman–Crippen MR) is 68.3 cm³/mol. The third kappa shape index (κ3) is 2.98. The van der Waals surface area contributed by atoms with Crippen LogP contribution in [0.4, 0.5) is 5.69 Å². The smallest absolute Gasteiger partial charge is 0.127 e. The summed E-state index contributed by atoms with van der Waals surface area (Å²) in [6.07, 6.45) is 0. The van der Waals surface area contributed by atoms with Crippen molar-refractivity contribution in [2.75, 3.05) is 12.6 Å². The molecule has 0 heterocycles. The van der Waals surface area contributed by atoms with Crippen molar-refractivity contribution in [2.24, 2.45) is 0 Å². The molecular weight excluding hydrogens is 214 g/mol. The van der Waals surface area contributed by atoms with Gasteiger partial charge in [0.05, 0.1) is 12.8 Å². The fraction of sp³-hybridized carbons (Fsp3) is 0.143. The Morgan fingerprint density at radius 1 is 0.941 bits per heavy atom. The molecule has 0 unspecified atom stereocenters. The average Bonchev–Trinajstić information content (AvgIpc) is 2.34. The maximum absolute atomic E-state index is 5.72. The van der Waals surface area contributed by atoms with E-state index in [2.05, 4.69) is 5.48 Å². The van der Waals surface area contributed by atoms with Gasteiger partial charge in [-0.1, -0.05) is 18.2 Å². The summed E-state index contributed by atoms with van der Waals surface area (Å²) in [5, 5.41) is 0. The zero-order valence-corrected chi connectivity index (χ0v) is 9.94. The van der Waals surface area contributed by atoms with E-state index in [4.69, 9.17) is 9.57 Å². The van der Waals surface area contributed by atoms with Crippen molar-refractivity contribution in [3.05, 3.63) is 54.1 Å². The quantitative estimate of drug-likeness (QED) is 0.810. The van der Waals surface area contributed by atoms with Gasteiger partial charge in [-0.05, 0) is 42.8 Å². The van der Waals surface area contributed by atoms with Gasteiger partial charge in [-0.3, -0.25) is 10.3 Å². The molecule has 0 aliphatic rings. The Balaban J connectivity index is 2.15. The second-order valence-electron chi connectivity index (χ2n) is 3.70. The Labute approximate surface area is 101 Å². The summed E-state index contributed by atoms with van der Waals surface area (Å²) in [5.74, 6) is 1.65. The molecule has 0 amide bonds. The van der Waals surface area contributed by atoms with Gasteiger partial charge in [0, 0.05) is 0 Å². The van der Waals surface area contributed by atoms with Crippen LogP contribution in [0.3, 0.4) is 0 Å². The molecule has 0 atom stereocenters. The Morgan fingerprint density at radius 3 is 2.35 bits per heavy atom. The average molecular weight is 229 g/mol. The fourth-order valence-corrected chi connectivity index (χ4v) is 1.55. The number of rotatable bonds is 4. The number of hydrogen-bond acceptors (Lipinski definition) is 3. The summed E-state index contributed by atoms with van der Waals surface area (Å²) in [6.45, 7) is 2.00. The molecule has 1 N–H and O–H groups in total. The van der Waals surface area contributed by atoms with E-state index < -0.39 is 0 Å². The highest BCUT2D eigenvalue weighted by molar-refractivity contribution is 5.52. The molecule has 88 valence electrons. The third-order valence-corrected chi connectivity index (χ3v) is 2.39. The van der Waals surface area contributed by atoms with Crippen LogP contribution < -0.4 is 10.2 Å². The molecule has 2 aromatic carbocycles. The van der Waals surface area contributed by atoms with E-state index in [9.17, 15) is 0 Å². The van der Waals surface area contributed by atoms with Crippen LogP contribution in [-0.4, -0.2) is 7.11 Å². The van der Waals surface area contributed by atoms with E-state index >= 15 is 0 Å². The monoisotopic (exact) mass is 229 g/mol. The number of hydrogen-bond donors (Lipinski definition) is 1. The molecule has 0 aromatic heterocycles. The lowest BCUT2D eigenvalue weighted by atomic mass is 10.2. The van der Waals surface area contributed by atoms with Crippen LogP contribution in [0.1, 0.15) is 5.56 Å². The Bertz CT molecular complexity index is 483. The van der Waals surface area contributed by atoms with Crippen LogP contribution in [-0.2, 0) is 4.84 Å². The first-order chi connectivity index (χ1) is 8.29. The minimum absolute atomic E-state index is 0.815. The SMILES string of the molecule is CONc1ccc(Oc2ccccc2)cc1C. The molecule has 2 aromatic rings. The zero-order chi connectivity index (χ0) is 12.1. The predicted octanol–water partition coefficient (Wildman–Crippen LogP) is 3.76. The van der Waals surface area contributed by atoms with E-state index in [0.29, 0.717) is 0 Å². The van der Waals surface area contributed by atoms with E-state index in [0.717, 1.165) is 22.7 Å². The Kier molecular flexibility index (Phi) is 3.62. The summed E-state index contributed by atoms with van der Waals surface area (Å²) in [5.41, 5.74) is 4.82. The minimum Gasteiger partial charge on any atom is -0.457 e. The maximum atomic E-state index is 5.72. The van der Waals surface area contributed by atoms with Gasteiger partial charge >= 0.3 is 0 Å². The number of ether oxygens (including phenoxy) is 1. The Hall–Kier alpha value is -2.00. The van der Waals surface area contributed by atoms with Crippen LogP contribution in [0.5, 0.6) is 11.5 Å². The highest BCUT2D eigenvalue weighted by Gasteiger charge is 2.01. The molecule has 0 spiro atoms. The fourth-order valence-electron chi connectivity index (χ4n) is 1.55. The largest absolute Gasteiger partial charge is 0.457 e. The summed E-state index contributed by atoms with van der Waals surface area (Å²) >= 11 is 0. The van der Waals surface area contributed by atoms with Crippen LogP contribution in [0.15, 0.2) is 48.5 Å². The van der Waals surface area contributed by atoms with Crippen molar-refractivity contribution >= 4 is 5.69 Å². The second-order valence-corrected chi connectivity index (χ2v) is 3.70. The van der Waals surface area contributed by atoms with Gasteiger partial charge < -0.3 is 4.74 Å². The lowest BCUT2D eigenvalue weighted by Gasteiger charge is -2.10. The molecular formula is C14H15NO2. The summed E-state index contributed by atoms with van der Waals surface area (Å²) in [6, 6.07) is 15.5. The Morgan fingerprint density at radius 2 is 1.71 bits per heavy atom. The van der Waals surface area contributed by atoms with Crippen LogP contribution in [0.2, 0.25) is 0 Å². The second kappa shape index (κ2) is 5.37. The first kappa shape index (κ1) is 11.5. The molecule has 3 heteroatoms. The molecule has 0 aliphatic carbocycles. The van der Waals surface area contributed by atoms with Gasteiger partial charge in [0.1, 0.15) is 11.5 Å². The van der Waals surface area contributed by atoms with Crippen molar-refractivity contribution in [3.8, 4) is 11.5 Å². The molecule has 0 fully saturated rings. The topological polar surface area (TPSA) is 30.5 Å². The number of nitrogens with one attached hydrogen (secondary N) is 1. The summed E-state index contributed by atoms with van der Waals surface area (Å²) in [4.78, 5) is 4.88. The third-order valence-electron chi connectivity index (χ3n) is 2.39. The number of aryl methyl sites for hydroxylation is 1. The van der Waals surface area contributed by atoms with Crippen molar-refractivity contribution < 1.29 is 9.57 Å². The minimum atomic E-state index is 0.815. The van der Waals surface area contributed by atoms with Crippen LogP contribution in [0.25, 0.3) is 0 Å². The normalized spacial score (nSPS) is 10.0. The van der Waals surface area contributed by atoms with E-state index in [1.54, 1.807) is 7.11 Å². The molecule has 3 nitrogen and oxygen atoms in total. The van der Waals surface area contributed by atoms with Crippen molar-refractivity contribution in [3.63, 3.8) is 0 Å². The van der Waals surface area contributed by atoms with Gasteiger partial charge in [-0.15, -0.1) is 0 Å². The lowest BCUT2D eigenvalue weighted by molar-refractivity contribution is 0.270. The van der Waals surface area contributed by atoms with E-state index in [-0.39, 0.29) is 0 Å². The van der Waals surface area contributed by atoms with Gasteiger partial charge in [0.15, 0.2) is 0 Å². The highest BCUT2D eigenvalue weighted by atomic mass is 16.6. The first-order valence-corrected chi connectivity index (χ1v) is 5.42. The number of para-hydroxylation sites is 1. The molecule has 0 aliphatic heterocycles. The molecule has 0 saturated heterocycles. The van der Waals surface area contributed by atoms with Gasteiger partial charge in [-0.2, -0.15) is 0 Å². The van der Waals surface area contributed by atoms with E-state index in [1.165, 1.54) is 0 Å². The first-order valence-electron chi connectivity index (χ1n) is 5.42. The summed E-state index contributed by atoms with van der Waals surface area (Å²) < 4.78 is 5.72. The van der Waals surface area contributed by atoms with Gasteiger partial charge in [0.2, 0.25) is 0 Å².